The number of amides is 1. The molecule has 0 saturated carbocycles. The van der Waals surface area contributed by atoms with E-state index in [0.29, 0.717) is 17.9 Å². The largest absolute Gasteiger partial charge is 0.325 e. The minimum atomic E-state index is -3.73. The van der Waals surface area contributed by atoms with Gasteiger partial charge in [-0.25, -0.2) is 8.42 Å². The second-order valence-electron chi connectivity index (χ2n) is 7.77. The van der Waals surface area contributed by atoms with Crippen LogP contribution in [0, 0.1) is 0 Å². The highest BCUT2D eigenvalue weighted by Crippen LogP contribution is 2.28. The summed E-state index contributed by atoms with van der Waals surface area (Å²) >= 11 is 0. The maximum Gasteiger partial charge on any atom is 0.264 e. The Labute approximate surface area is 200 Å². The van der Waals surface area contributed by atoms with Crippen LogP contribution in [0.4, 0.5) is 11.4 Å². The van der Waals surface area contributed by atoms with Gasteiger partial charge in [-0.2, -0.15) is 0 Å². The molecule has 0 unspecified atom stereocenters. The zero-order valence-corrected chi connectivity index (χ0v) is 19.7. The first-order valence-corrected chi connectivity index (χ1v) is 12.5. The lowest BCUT2D eigenvalue weighted by Gasteiger charge is -2.23. The molecule has 0 aliphatic rings. The molecule has 0 radical (unpaired) electrons. The Balaban J connectivity index is 1.57. The van der Waals surface area contributed by atoms with Crippen molar-refractivity contribution < 1.29 is 13.2 Å². The third-order valence-corrected chi connectivity index (χ3v) is 7.49. The Morgan fingerprint density at radius 3 is 1.68 bits per heavy atom. The van der Waals surface area contributed by atoms with Gasteiger partial charge < -0.3 is 5.32 Å². The monoisotopic (exact) mass is 470 g/mol. The molecular formula is C28H26N2O3S. The molecule has 0 saturated heterocycles. The maximum atomic E-state index is 13.3. The normalized spacial score (nSPS) is 11.2. The second-order valence-corrected chi connectivity index (χ2v) is 9.64. The van der Waals surface area contributed by atoms with Crippen LogP contribution in [0.5, 0.6) is 0 Å². The Morgan fingerprint density at radius 2 is 1.21 bits per heavy atom. The predicted octanol–water partition coefficient (Wildman–Crippen LogP) is 5.67. The quantitative estimate of drug-likeness (QED) is 0.361. The predicted molar refractivity (Wildman–Crippen MR) is 136 cm³/mol. The average Bonchev–Trinajstić information content (AvgIpc) is 2.87. The summed E-state index contributed by atoms with van der Waals surface area (Å²) in [4.78, 5) is 13.5. The summed E-state index contributed by atoms with van der Waals surface area (Å²) < 4.78 is 27.8. The molecule has 4 rings (SSSR count). The number of sulfonamides is 1. The molecular weight excluding hydrogens is 444 g/mol. The first kappa shape index (κ1) is 23.3. The van der Waals surface area contributed by atoms with Crippen LogP contribution in [0.1, 0.15) is 24.0 Å². The van der Waals surface area contributed by atoms with E-state index in [1.807, 2.05) is 78.9 Å². The lowest BCUT2D eigenvalue weighted by atomic mass is 9.90. The highest BCUT2D eigenvalue weighted by atomic mass is 32.2. The van der Waals surface area contributed by atoms with Crippen molar-refractivity contribution in [3.63, 3.8) is 0 Å². The summed E-state index contributed by atoms with van der Waals surface area (Å²) in [5, 5.41) is 2.95. The molecule has 0 bridgehead atoms. The molecule has 5 nitrogen and oxygen atoms in total. The van der Waals surface area contributed by atoms with Gasteiger partial charge in [-0.15, -0.1) is 0 Å². The molecule has 1 N–H and O–H groups in total. The number of anilines is 2. The molecule has 6 heteroatoms. The molecule has 172 valence electrons. The van der Waals surface area contributed by atoms with Crippen molar-refractivity contribution in [2.45, 2.75) is 17.7 Å². The fourth-order valence-corrected chi connectivity index (χ4v) is 5.40. The number of carbonyl (C=O) groups excluding carboxylic acids is 1. The van der Waals surface area contributed by atoms with Gasteiger partial charge in [0.25, 0.3) is 10.0 Å². The van der Waals surface area contributed by atoms with Crippen molar-refractivity contribution in [2.75, 3.05) is 16.2 Å². The zero-order chi connectivity index (χ0) is 24.0. The van der Waals surface area contributed by atoms with Gasteiger partial charge in [0, 0.05) is 12.2 Å². The van der Waals surface area contributed by atoms with Crippen LogP contribution in [0.3, 0.4) is 0 Å². The number of para-hydroxylation sites is 1. The van der Waals surface area contributed by atoms with Crippen LogP contribution in [0.25, 0.3) is 0 Å². The summed E-state index contributed by atoms with van der Waals surface area (Å²) in [7, 11) is -3.73. The third kappa shape index (κ3) is 5.02. The fraction of sp³-hybridized carbons (Fsp3) is 0.107. The second kappa shape index (κ2) is 10.4. The molecule has 0 fully saturated rings. The standard InChI is InChI=1S/C28H26N2O3S/c1-2-30(25-16-10-5-11-17-25)34(32,33)26-20-18-24(19-21-26)29-28(31)27(22-12-6-3-7-13-22)23-14-8-4-9-15-23/h3-21,27H,2H2,1H3,(H,29,31). The van der Waals surface area contributed by atoms with Gasteiger partial charge in [-0.1, -0.05) is 78.9 Å². The molecule has 4 aromatic carbocycles. The van der Waals surface area contributed by atoms with Gasteiger partial charge in [-0.3, -0.25) is 9.10 Å². The number of hydrogen-bond acceptors (Lipinski definition) is 3. The molecule has 0 heterocycles. The number of nitrogens with zero attached hydrogens (tertiary/aromatic N) is 1. The Bertz CT molecular complexity index is 1290. The Hall–Kier alpha value is -3.90. The van der Waals surface area contributed by atoms with Gasteiger partial charge in [0.1, 0.15) is 0 Å². The third-order valence-electron chi connectivity index (χ3n) is 5.57. The summed E-state index contributed by atoms with van der Waals surface area (Å²) in [6.45, 7) is 2.10. The number of rotatable bonds is 8. The van der Waals surface area contributed by atoms with Crippen molar-refractivity contribution in [1.82, 2.24) is 0 Å². The van der Waals surface area contributed by atoms with E-state index in [1.54, 1.807) is 31.2 Å². The van der Waals surface area contributed by atoms with Crippen molar-refractivity contribution in [1.29, 1.82) is 0 Å². The summed E-state index contributed by atoms with van der Waals surface area (Å²) in [5.74, 6) is -0.674. The first-order chi connectivity index (χ1) is 16.5. The van der Waals surface area contributed by atoms with Gasteiger partial charge in [0.05, 0.1) is 16.5 Å². The lowest BCUT2D eigenvalue weighted by Crippen LogP contribution is -2.30. The van der Waals surface area contributed by atoms with E-state index in [0.717, 1.165) is 11.1 Å². The average molecular weight is 471 g/mol. The molecule has 0 spiro atoms. The van der Waals surface area contributed by atoms with Crippen LogP contribution in [-0.2, 0) is 14.8 Å². The van der Waals surface area contributed by atoms with Gasteiger partial charge in [0.15, 0.2) is 0 Å². The number of nitrogens with one attached hydrogen (secondary N) is 1. The molecule has 0 aliphatic heterocycles. The van der Waals surface area contributed by atoms with E-state index in [-0.39, 0.29) is 10.8 Å². The van der Waals surface area contributed by atoms with Crippen molar-refractivity contribution >= 4 is 27.3 Å². The summed E-state index contributed by atoms with van der Waals surface area (Å²) in [6, 6.07) is 34.5. The van der Waals surface area contributed by atoms with Crippen LogP contribution >= 0.6 is 0 Å². The van der Waals surface area contributed by atoms with Crippen molar-refractivity contribution in [3.05, 3.63) is 126 Å². The molecule has 34 heavy (non-hydrogen) atoms. The minimum Gasteiger partial charge on any atom is -0.325 e. The van der Waals surface area contributed by atoms with Gasteiger partial charge >= 0.3 is 0 Å². The molecule has 1 amide bonds. The fourth-order valence-electron chi connectivity index (χ4n) is 3.92. The summed E-state index contributed by atoms with van der Waals surface area (Å²) in [6.07, 6.45) is 0. The molecule has 0 atom stereocenters. The van der Waals surface area contributed by atoms with Crippen LogP contribution in [0.2, 0.25) is 0 Å². The van der Waals surface area contributed by atoms with Gasteiger partial charge in [0.2, 0.25) is 5.91 Å². The molecule has 0 aliphatic carbocycles. The van der Waals surface area contributed by atoms with Crippen LogP contribution in [-0.4, -0.2) is 20.9 Å². The Morgan fingerprint density at radius 1 is 0.735 bits per heavy atom. The SMILES string of the molecule is CCN(c1ccccc1)S(=O)(=O)c1ccc(NC(=O)C(c2ccccc2)c2ccccc2)cc1. The van der Waals surface area contributed by atoms with Gasteiger partial charge in [-0.05, 0) is 54.4 Å². The van der Waals surface area contributed by atoms with E-state index in [4.69, 9.17) is 0 Å². The minimum absolute atomic E-state index is 0.166. The smallest absolute Gasteiger partial charge is 0.264 e. The topological polar surface area (TPSA) is 66.5 Å². The number of carbonyl (C=O) groups is 1. The highest BCUT2D eigenvalue weighted by Gasteiger charge is 2.25. The number of benzene rings is 4. The lowest BCUT2D eigenvalue weighted by molar-refractivity contribution is -0.116. The zero-order valence-electron chi connectivity index (χ0n) is 18.8. The van der Waals surface area contributed by atoms with E-state index >= 15 is 0 Å². The first-order valence-electron chi connectivity index (χ1n) is 11.1. The van der Waals surface area contributed by atoms with E-state index < -0.39 is 15.9 Å². The van der Waals surface area contributed by atoms with Crippen molar-refractivity contribution in [2.24, 2.45) is 0 Å². The van der Waals surface area contributed by atoms with E-state index in [9.17, 15) is 13.2 Å². The Kier molecular flexibility index (Phi) is 7.09. The summed E-state index contributed by atoms with van der Waals surface area (Å²) in [5.41, 5.74) is 2.90. The number of hydrogen-bond donors (Lipinski definition) is 1. The highest BCUT2D eigenvalue weighted by molar-refractivity contribution is 7.92. The van der Waals surface area contributed by atoms with E-state index in [2.05, 4.69) is 5.32 Å². The molecule has 4 aromatic rings. The van der Waals surface area contributed by atoms with Crippen molar-refractivity contribution in [3.8, 4) is 0 Å². The van der Waals surface area contributed by atoms with Crippen LogP contribution < -0.4 is 9.62 Å². The molecule has 0 aromatic heterocycles. The van der Waals surface area contributed by atoms with E-state index in [1.165, 1.54) is 16.4 Å². The maximum absolute atomic E-state index is 13.3. The van der Waals surface area contributed by atoms with Crippen LogP contribution in [0.15, 0.2) is 120 Å².